The molecule has 0 fully saturated rings. The molecule has 0 spiro atoms. The van der Waals surface area contributed by atoms with Crippen LogP contribution in [0, 0.1) is 0 Å². The number of hydrogen-bond acceptors (Lipinski definition) is 4. The summed E-state index contributed by atoms with van der Waals surface area (Å²) >= 11 is 6.41. The maximum atomic E-state index is 12.4. The molecule has 0 heterocycles. The minimum Gasteiger partial charge on any atom is -0.508 e. The van der Waals surface area contributed by atoms with Gasteiger partial charge in [-0.2, -0.15) is 0 Å². The van der Waals surface area contributed by atoms with Crippen molar-refractivity contribution in [2.45, 2.75) is 96.0 Å². The van der Waals surface area contributed by atoms with Crippen molar-refractivity contribution in [3.8, 4) is 11.5 Å². The number of anilines is 1. The fraction of sp³-hybridized carbons (Fsp3) is 0.536. The molecule has 0 bridgehead atoms. The van der Waals surface area contributed by atoms with Crippen molar-refractivity contribution in [2.24, 2.45) is 0 Å². The van der Waals surface area contributed by atoms with Gasteiger partial charge >= 0.3 is 0 Å². The van der Waals surface area contributed by atoms with Gasteiger partial charge in [0.05, 0.1) is 11.8 Å². The molecule has 2 unspecified atom stereocenters. The second-order valence-corrected chi connectivity index (χ2v) is 10.4. The third kappa shape index (κ3) is 9.84. The van der Waals surface area contributed by atoms with Crippen LogP contribution in [0.2, 0.25) is 0 Å². The lowest BCUT2D eigenvalue weighted by atomic mass is 9.86. The first-order valence-electron chi connectivity index (χ1n) is 12.5. The summed E-state index contributed by atoms with van der Waals surface area (Å²) in [6.07, 6.45) is 7.96. The van der Waals surface area contributed by atoms with Gasteiger partial charge in [0.1, 0.15) is 16.9 Å². The lowest BCUT2D eigenvalue weighted by Gasteiger charge is -2.24. The van der Waals surface area contributed by atoms with Crippen molar-refractivity contribution >= 4 is 23.2 Å². The molecule has 2 aromatic rings. The maximum absolute atomic E-state index is 12.4. The quantitative estimate of drug-likeness (QED) is 0.148. The number of unbranched alkanes of at least 4 members (excludes halogenated alkanes) is 4. The molecule has 1 amide bonds. The summed E-state index contributed by atoms with van der Waals surface area (Å²) < 4.78 is 6.35. The fourth-order valence-corrected chi connectivity index (χ4v) is 4.00. The van der Waals surface area contributed by atoms with Gasteiger partial charge in [-0.25, -0.2) is 0 Å². The Morgan fingerprint density at radius 2 is 1.71 bits per heavy atom. The predicted octanol–water partition coefficient (Wildman–Crippen LogP) is 7.33. The summed E-state index contributed by atoms with van der Waals surface area (Å²) in [6, 6.07) is 14.9. The van der Waals surface area contributed by atoms with Crippen LogP contribution in [0.3, 0.4) is 0 Å². The van der Waals surface area contributed by atoms with E-state index >= 15 is 0 Å². The molecule has 2 rings (SSSR count). The number of carbonyl (C=O) groups excluding carboxylic acids is 1. The summed E-state index contributed by atoms with van der Waals surface area (Å²) in [5.74, 6) is 0.758. The molecule has 34 heavy (non-hydrogen) atoms. The van der Waals surface area contributed by atoms with Gasteiger partial charge in [0.25, 0.3) is 5.91 Å². The highest BCUT2D eigenvalue weighted by Gasteiger charge is 2.22. The number of para-hydroxylation sites is 1. The molecule has 188 valence electrons. The second-order valence-electron chi connectivity index (χ2n) is 9.90. The Kier molecular flexibility index (Phi) is 11.5. The minimum atomic E-state index is -0.660. The first-order valence-corrected chi connectivity index (χ1v) is 12.9. The van der Waals surface area contributed by atoms with Crippen LogP contribution in [0.5, 0.6) is 11.5 Å². The summed E-state index contributed by atoms with van der Waals surface area (Å²) in [5.41, 5.74) is 7.04. The number of benzene rings is 2. The molecule has 2 aromatic carbocycles. The van der Waals surface area contributed by atoms with Gasteiger partial charge < -0.3 is 9.84 Å². The van der Waals surface area contributed by atoms with Crippen LogP contribution in [0.25, 0.3) is 0 Å². The molecule has 0 aliphatic carbocycles. The highest BCUT2D eigenvalue weighted by molar-refractivity contribution is 6.30. The molecule has 0 saturated heterocycles. The molecule has 0 aliphatic rings. The Morgan fingerprint density at radius 1 is 1.00 bits per heavy atom. The minimum absolute atomic E-state index is 0.0462. The van der Waals surface area contributed by atoms with E-state index in [-0.39, 0.29) is 23.2 Å². The molecule has 0 aromatic heterocycles. The molecule has 6 heteroatoms. The Bertz CT molecular complexity index is 868. The zero-order chi connectivity index (χ0) is 25.0. The maximum Gasteiger partial charge on any atom is 0.256 e. The lowest BCUT2D eigenvalue weighted by Crippen LogP contribution is -2.36. The van der Waals surface area contributed by atoms with E-state index in [4.69, 9.17) is 16.3 Å². The monoisotopic (exact) mass is 488 g/mol. The van der Waals surface area contributed by atoms with Gasteiger partial charge in [-0.05, 0) is 61.4 Å². The standard InChI is InChI=1S/C28H41ClN2O3/c1-5-6-7-8-12-15-22(34-23-17-19-26(32)24(20-23)28(2,3)4)16-18-25(29)27(33)31-30-21-13-10-9-11-14-21/h9-11,13-14,17,19-20,22,25,30,32H,5-8,12,15-16,18H2,1-4H3,(H,31,33). The van der Waals surface area contributed by atoms with Crippen molar-refractivity contribution in [2.75, 3.05) is 5.43 Å². The van der Waals surface area contributed by atoms with Crippen molar-refractivity contribution < 1.29 is 14.6 Å². The van der Waals surface area contributed by atoms with Gasteiger partial charge in [0.2, 0.25) is 0 Å². The molecular formula is C28H41ClN2O3. The van der Waals surface area contributed by atoms with E-state index in [0.717, 1.165) is 29.8 Å². The van der Waals surface area contributed by atoms with Crippen molar-refractivity contribution in [1.82, 2.24) is 5.43 Å². The van der Waals surface area contributed by atoms with E-state index in [1.165, 1.54) is 25.7 Å². The van der Waals surface area contributed by atoms with Gasteiger partial charge in [0, 0.05) is 5.56 Å². The lowest BCUT2D eigenvalue weighted by molar-refractivity contribution is -0.120. The zero-order valence-corrected chi connectivity index (χ0v) is 21.8. The SMILES string of the molecule is CCCCCCCC(CCC(Cl)C(=O)NNc1ccccc1)Oc1ccc(O)c(C(C)(C)C)c1. The van der Waals surface area contributed by atoms with Crippen LogP contribution in [0.15, 0.2) is 48.5 Å². The molecule has 5 nitrogen and oxygen atoms in total. The number of hydrazine groups is 1. The summed E-state index contributed by atoms with van der Waals surface area (Å²) in [4.78, 5) is 12.4. The van der Waals surface area contributed by atoms with Crippen LogP contribution < -0.4 is 15.6 Å². The average Bonchev–Trinajstić information content (AvgIpc) is 2.81. The number of phenols is 1. The molecule has 0 aliphatic heterocycles. The average molecular weight is 489 g/mol. The van der Waals surface area contributed by atoms with E-state index in [0.29, 0.717) is 12.8 Å². The third-order valence-electron chi connectivity index (χ3n) is 5.84. The highest BCUT2D eigenvalue weighted by Crippen LogP contribution is 2.34. The van der Waals surface area contributed by atoms with E-state index in [9.17, 15) is 9.90 Å². The number of alkyl halides is 1. The first kappa shape index (κ1) is 27.8. The van der Waals surface area contributed by atoms with Crippen LogP contribution in [-0.4, -0.2) is 22.5 Å². The van der Waals surface area contributed by atoms with Gasteiger partial charge in [0.15, 0.2) is 0 Å². The number of ether oxygens (including phenoxy) is 1. The number of aromatic hydroxyl groups is 1. The molecular weight excluding hydrogens is 448 g/mol. The molecule has 0 saturated carbocycles. The van der Waals surface area contributed by atoms with Gasteiger partial charge in [-0.15, -0.1) is 11.6 Å². The topological polar surface area (TPSA) is 70.6 Å². The summed E-state index contributed by atoms with van der Waals surface area (Å²) in [6.45, 7) is 8.41. The zero-order valence-electron chi connectivity index (χ0n) is 21.1. The number of halogens is 1. The van der Waals surface area contributed by atoms with E-state index in [2.05, 4.69) is 38.5 Å². The number of amides is 1. The van der Waals surface area contributed by atoms with Crippen molar-refractivity contribution in [3.63, 3.8) is 0 Å². The van der Waals surface area contributed by atoms with Crippen LogP contribution in [-0.2, 0) is 10.2 Å². The van der Waals surface area contributed by atoms with Crippen LogP contribution in [0.4, 0.5) is 5.69 Å². The fourth-order valence-electron chi connectivity index (χ4n) is 3.82. The van der Waals surface area contributed by atoms with E-state index in [1.54, 1.807) is 6.07 Å². The van der Waals surface area contributed by atoms with Crippen molar-refractivity contribution in [1.29, 1.82) is 0 Å². The normalized spacial score (nSPS) is 13.2. The van der Waals surface area contributed by atoms with Crippen LogP contribution in [0.1, 0.15) is 84.6 Å². The second kappa shape index (κ2) is 14.1. The van der Waals surface area contributed by atoms with Gasteiger partial charge in [-0.3, -0.25) is 15.6 Å². The van der Waals surface area contributed by atoms with Crippen molar-refractivity contribution in [3.05, 3.63) is 54.1 Å². The summed E-state index contributed by atoms with van der Waals surface area (Å²) in [5, 5.41) is 9.62. The predicted molar refractivity (Wildman–Crippen MR) is 142 cm³/mol. The molecule has 2 atom stereocenters. The Labute approximate surface area is 210 Å². The summed E-state index contributed by atoms with van der Waals surface area (Å²) in [7, 11) is 0. The van der Waals surface area contributed by atoms with E-state index in [1.807, 2.05) is 42.5 Å². The van der Waals surface area contributed by atoms with Gasteiger partial charge in [-0.1, -0.05) is 71.6 Å². The Balaban J connectivity index is 1.96. The third-order valence-corrected chi connectivity index (χ3v) is 6.26. The first-order chi connectivity index (χ1) is 16.2. The van der Waals surface area contributed by atoms with Crippen LogP contribution >= 0.6 is 11.6 Å². The number of carbonyl (C=O) groups is 1. The number of nitrogens with one attached hydrogen (secondary N) is 2. The number of hydrogen-bond donors (Lipinski definition) is 3. The van der Waals surface area contributed by atoms with E-state index < -0.39 is 5.38 Å². The largest absolute Gasteiger partial charge is 0.508 e. The smallest absolute Gasteiger partial charge is 0.256 e. The highest BCUT2D eigenvalue weighted by atomic mass is 35.5. The molecule has 0 radical (unpaired) electrons. The Hall–Kier alpha value is -2.40. The molecule has 3 N–H and O–H groups in total. The Morgan fingerprint density at radius 3 is 2.38 bits per heavy atom. The number of rotatable bonds is 14. The number of phenolic OH excluding ortho intramolecular Hbond substituents is 1.